The molecule has 0 aliphatic carbocycles. The highest BCUT2D eigenvalue weighted by molar-refractivity contribution is 7.47. The monoisotopic (exact) mass is 1440 g/mol. The summed E-state index contributed by atoms with van der Waals surface area (Å²) in [5, 5.41) is 10.6. The van der Waals surface area contributed by atoms with Gasteiger partial charge in [0.2, 0.25) is 0 Å². The van der Waals surface area contributed by atoms with Crippen LogP contribution in [0.5, 0.6) is 0 Å². The predicted octanol–water partition coefficient (Wildman–Crippen LogP) is 23.5. The molecule has 3 N–H and O–H groups in total. The Morgan fingerprint density at radius 2 is 0.490 bits per heavy atom. The van der Waals surface area contributed by atoms with Gasteiger partial charge in [-0.05, 0) is 37.5 Å². The molecule has 0 bridgehead atoms. The molecule has 0 fully saturated rings. The van der Waals surface area contributed by atoms with Crippen LogP contribution < -0.4 is 0 Å². The van der Waals surface area contributed by atoms with Crippen molar-refractivity contribution >= 4 is 39.5 Å². The predicted molar refractivity (Wildman–Crippen MR) is 400 cm³/mol. The van der Waals surface area contributed by atoms with Crippen LogP contribution in [-0.2, 0) is 65.4 Å². The minimum atomic E-state index is -4.96. The zero-order valence-electron chi connectivity index (χ0n) is 64.1. The number of unbranched alkanes of at least 4 members (excludes halogenated alkanes) is 46. The first-order valence-corrected chi connectivity index (χ1v) is 44.1. The summed E-state index contributed by atoms with van der Waals surface area (Å²) in [6, 6.07) is 0. The number of rotatable bonds is 78. The number of hydrogen-bond acceptors (Lipinski definition) is 15. The summed E-state index contributed by atoms with van der Waals surface area (Å²) in [7, 11) is -9.92. The molecule has 7 atom stereocenters. The van der Waals surface area contributed by atoms with Crippen molar-refractivity contribution < 1.29 is 80.2 Å². The van der Waals surface area contributed by atoms with Gasteiger partial charge in [-0.15, -0.1) is 0 Å². The largest absolute Gasteiger partial charge is 0.472 e. The Morgan fingerprint density at radius 1 is 0.286 bits per heavy atom. The van der Waals surface area contributed by atoms with Gasteiger partial charge in [0.15, 0.2) is 12.2 Å². The maximum Gasteiger partial charge on any atom is 0.472 e. The highest BCUT2D eigenvalue weighted by Gasteiger charge is 2.30. The van der Waals surface area contributed by atoms with Gasteiger partial charge in [-0.2, -0.15) is 0 Å². The quantitative estimate of drug-likeness (QED) is 0.0222. The molecule has 0 saturated heterocycles. The molecule has 0 aromatic heterocycles. The van der Waals surface area contributed by atoms with Crippen molar-refractivity contribution in [1.29, 1.82) is 0 Å². The van der Waals surface area contributed by atoms with Crippen molar-refractivity contribution in [2.24, 2.45) is 11.8 Å². The van der Waals surface area contributed by atoms with Crippen LogP contribution >= 0.6 is 15.6 Å². The molecule has 0 aromatic rings. The Morgan fingerprint density at radius 3 is 0.724 bits per heavy atom. The van der Waals surface area contributed by atoms with Crippen LogP contribution in [-0.4, -0.2) is 96.7 Å². The number of ether oxygens (including phenoxy) is 4. The average Bonchev–Trinajstić information content (AvgIpc) is 0.975. The lowest BCUT2D eigenvalue weighted by atomic mass is 9.99. The lowest BCUT2D eigenvalue weighted by Crippen LogP contribution is -2.30. The topological polar surface area (TPSA) is 237 Å². The first kappa shape index (κ1) is 96.1. The SMILES string of the molecule is CCCCCCCCCCCCCCCCC(=O)OC[C@H](COP(=O)(O)OC[C@@H](O)COP(=O)(O)OC[C@@H](COC(=O)CCCCCCCCCCC(C)CC)OC(=O)CCCCCCCCCCCCCCCC)OC(=O)CCCCCCCCCCCCCCCCC(C)CC. The molecule has 0 rings (SSSR count). The number of phosphoric ester groups is 2. The Kier molecular flexibility index (Phi) is 69.3. The fourth-order valence-corrected chi connectivity index (χ4v) is 13.7. The molecule has 0 amide bonds. The molecule has 0 saturated carbocycles. The molecular weight excluding hydrogens is 1280 g/mol. The third-order valence-electron chi connectivity index (χ3n) is 19.2. The molecule has 4 unspecified atom stereocenters. The summed E-state index contributed by atoms with van der Waals surface area (Å²) >= 11 is 0. The average molecular weight is 1440 g/mol. The van der Waals surface area contributed by atoms with E-state index in [9.17, 15) is 43.2 Å². The van der Waals surface area contributed by atoms with Gasteiger partial charge in [0.25, 0.3) is 0 Å². The molecule has 19 heteroatoms. The summed E-state index contributed by atoms with van der Waals surface area (Å²) in [6.45, 7) is 9.69. The first-order chi connectivity index (χ1) is 47.4. The first-order valence-electron chi connectivity index (χ1n) is 41.1. The molecule has 0 aliphatic heterocycles. The number of hydrogen-bond donors (Lipinski definition) is 3. The number of carbonyl (C=O) groups excluding carboxylic acids is 4. The van der Waals surface area contributed by atoms with Crippen molar-refractivity contribution in [3.63, 3.8) is 0 Å². The number of aliphatic hydroxyl groups is 1. The van der Waals surface area contributed by atoms with Crippen LogP contribution in [0.4, 0.5) is 0 Å². The van der Waals surface area contributed by atoms with Gasteiger partial charge in [-0.25, -0.2) is 9.13 Å². The molecule has 0 aromatic carbocycles. The van der Waals surface area contributed by atoms with E-state index in [1.807, 2.05) is 0 Å². The number of carbonyl (C=O) groups is 4. The third-order valence-corrected chi connectivity index (χ3v) is 21.1. The van der Waals surface area contributed by atoms with Crippen LogP contribution in [0.2, 0.25) is 0 Å². The fourth-order valence-electron chi connectivity index (χ4n) is 12.1. The molecule has 17 nitrogen and oxygen atoms in total. The number of aliphatic hydroxyl groups excluding tert-OH is 1. The van der Waals surface area contributed by atoms with E-state index in [0.29, 0.717) is 25.7 Å². The zero-order chi connectivity index (χ0) is 72.1. The van der Waals surface area contributed by atoms with Crippen molar-refractivity contribution in [3.05, 3.63) is 0 Å². The van der Waals surface area contributed by atoms with Gasteiger partial charge >= 0.3 is 39.5 Å². The normalized spacial score (nSPS) is 14.5. The van der Waals surface area contributed by atoms with Crippen LogP contribution in [0.1, 0.15) is 414 Å². The van der Waals surface area contributed by atoms with E-state index in [1.54, 1.807) is 0 Å². The highest BCUT2D eigenvalue weighted by Crippen LogP contribution is 2.45. The second-order valence-corrected chi connectivity index (χ2v) is 31.8. The molecule has 0 radical (unpaired) electrons. The van der Waals surface area contributed by atoms with Crippen LogP contribution in [0.15, 0.2) is 0 Å². The van der Waals surface area contributed by atoms with Gasteiger partial charge in [-0.3, -0.25) is 37.3 Å². The lowest BCUT2D eigenvalue weighted by Gasteiger charge is -2.21. The Hall–Kier alpha value is -1.94. The Bertz CT molecular complexity index is 1890. The minimum Gasteiger partial charge on any atom is -0.462 e. The second kappa shape index (κ2) is 70.7. The lowest BCUT2D eigenvalue weighted by molar-refractivity contribution is -0.161. The fraction of sp³-hybridized carbons (Fsp3) is 0.949. The van der Waals surface area contributed by atoms with Gasteiger partial charge in [0.1, 0.15) is 19.3 Å². The van der Waals surface area contributed by atoms with E-state index >= 15 is 0 Å². The standard InChI is InChI=1S/C79H154O17P2/c1-7-11-13-15-17-19-21-23-28-32-36-43-49-55-61-76(81)89-67-74(95-79(84)64-58-52-46-38-34-30-26-25-27-31-35-41-47-53-59-71(5)9-3)69-93-97(85,86)91-65-73(80)66-92-98(87,88)94-70-75(68-90-77(82)62-56-50-44-40-39-42-48-54-60-72(6)10-4)96-78(83)63-57-51-45-37-33-29-24-22-20-18-16-14-12-8-2/h71-75,80H,7-70H2,1-6H3,(H,85,86)(H,87,88)/t71?,72?,73-,74-,75-/m1/s1. The highest BCUT2D eigenvalue weighted by atomic mass is 31.2. The maximum absolute atomic E-state index is 13.1. The van der Waals surface area contributed by atoms with Crippen LogP contribution in [0.3, 0.4) is 0 Å². The van der Waals surface area contributed by atoms with Gasteiger partial charge in [-0.1, -0.05) is 363 Å². The van der Waals surface area contributed by atoms with Gasteiger partial charge in [0, 0.05) is 25.7 Å². The summed E-state index contributed by atoms with van der Waals surface area (Å²) in [5.74, 6) is -0.485. The van der Waals surface area contributed by atoms with E-state index in [-0.39, 0.29) is 25.7 Å². The van der Waals surface area contributed by atoms with Crippen LogP contribution in [0, 0.1) is 11.8 Å². The number of esters is 4. The van der Waals surface area contributed by atoms with Crippen molar-refractivity contribution in [3.8, 4) is 0 Å². The van der Waals surface area contributed by atoms with E-state index < -0.39 is 97.5 Å². The van der Waals surface area contributed by atoms with E-state index in [2.05, 4.69) is 41.5 Å². The zero-order valence-corrected chi connectivity index (χ0v) is 65.9. The molecule has 0 spiro atoms. The maximum atomic E-state index is 13.1. The number of phosphoric acid groups is 2. The summed E-state index contributed by atoms with van der Waals surface area (Å²) < 4.78 is 68.7. The van der Waals surface area contributed by atoms with E-state index in [1.165, 1.54) is 231 Å². The molecule has 0 heterocycles. The Labute approximate surface area is 600 Å². The van der Waals surface area contributed by atoms with Crippen LogP contribution in [0.25, 0.3) is 0 Å². The third kappa shape index (κ3) is 69.8. The van der Waals surface area contributed by atoms with Gasteiger partial charge in [0.05, 0.1) is 26.4 Å². The van der Waals surface area contributed by atoms with Crippen molar-refractivity contribution in [1.82, 2.24) is 0 Å². The summed E-state index contributed by atoms with van der Waals surface area (Å²) in [6.07, 6.45) is 59.4. The summed E-state index contributed by atoms with van der Waals surface area (Å²) in [4.78, 5) is 73.0. The molecule has 98 heavy (non-hydrogen) atoms. The molecular formula is C79H154O17P2. The van der Waals surface area contributed by atoms with E-state index in [0.717, 1.165) is 102 Å². The van der Waals surface area contributed by atoms with Gasteiger partial charge < -0.3 is 33.8 Å². The summed E-state index contributed by atoms with van der Waals surface area (Å²) in [5.41, 5.74) is 0. The minimum absolute atomic E-state index is 0.108. The second-order valence-electron chi connectivity index (χ2n) is 28.9. The van der Waals surface area contributed by atoms with Crippen molar-refractivity contribution in [2.45, 2.75) is 432 Å². The molecule has 0 aliphatic rings. The Balaban J connectivity index is 5.27. The smallest absolute Gasteiger partial charge is 0.462 e. The molecule has 582 valence electrons. The van der Waals surface area contributed by atoms with E-state index in [4.69, 9.17) is 37.0 Å². The van der Waals surface area contributed by atoms with Crippen molar-refractivity contribution in [2.75, 3.05) is 39.6 Å².